The molecule has 0 bridgehead atoms. The van der Waals surface area contributed by atoms with E-state index < -0.39 is 12.2 Å². The van der Waals surface area contributed by atoms with Gasteiger partial charge in [-0.25, -0.2) is 19.9 Å². The van der Waals surface area contributed by atoms with Crippen LogP contribution in [0.3, 0.4) is 0 Å². The van der Waals surface area contributed by atoms with Crippen LogP contribution < -0.4 is 40.5 Å². The molecule has 0 spiro atoms. The molecular weight excluding hydrogens is 905 g/mol. The Morgan fingerprint density at radius 3 is 1.65 bits per heavy atom. The number of hydrogen-bond acceptors (Lipinski definition) is 18. The highest BCUT2D eigenvalue weighted by Gasteiger charge is 2.36. The molecule has 0 radical (unpaired) electrons. The third-order valence-corrected chi connectivity index (χ3v) is 12.9. The summed E-state index contributed by atoms with van der Waals surface area (Å²) in [5.74, 6) is 5.77. The van der Waals surface area contributed by atoms with Crippen LogP contribution in [0.2, 0.25) is 0 Å². The number of nitrogen functional groups attached to an aromatic ring is 1. The lowest BCUT2D eigenvalue weighted by Gasteiger charge is -2.36. The molecule has 18 nitrogen and oxygen atoms in total. The van der Waals surface area contributed by atoms with Gasteiger partial charge in [0.15, 0.2) is 11.6 Å². The topological polar surface area (TPSA) is 218 Å². The maximum Gasteiger partial charge on any atom is 0.163 e. The van der Waals surface area contributed by atoms with Crippen molar-refractivity contribution in [2.24, 2.45) is 0 Å². The summed E-state index contributed by atoms with van der Waals surface area (Å²) in [4.78, 5) is 26.2. The average molecular weight is 987 g/mol. The number of nitrogens with two attached hydrogens (primary N) is 1. The molecule has 0 amide bonds. The summed E-state index contributed by atoms with van der Waals surface area (Å²) in [7, 11) is 5.63. The second kappa shape index (κ2) is 29.6. The van der Waals surface area contributed by atoms with Crippen LogP contribution >= 0.6 is 0 Å². The van der Waals surface area contributed by atoms with Gasteiger partial charge in [-0.15, -0.1) is 0 Å². The second-order valence-corrected chi connectivity index (χ2v) is 18.5. The highest BCUT2D eigenvalue weighted by atomic mass is 16.5. The molecule has 2 aliphatic carbocycles. The molecule has 5 fully saturated rings. The molecule has 392 valence electrons. The van der Waals surface area contributed by atoms with Crippen molar-refractivity contribution < 1.29 is 39.0 Å². The lowest BCUT2D eigenvalue weighted by molar-refractivity contribution is 0.0839. The number of rotatable bonds is 18. The van der Waals surface area contributed by atoms with Crippen molar-refractivity contribution in [3.05, 3.63) is 60.7 Å². The van der Waals surface area contributed by atoms with Crippen molar-refractivity contribution in [2.45, 2.75) is 114 Å². The lowest BCUT2D eigenvalue weighted by atomic mass is 10.1. The Bertz CT molecular complexity index is 2130. The Labute approximate surface area is 421 Å². The first-order valence-electron chi connectivity index (χ1n) is 26.0. The van der Waals surface area contributed by atoms with E-state index in [9.17, 15) is 10.2 Å². The zero-order valence-corrected chi connectivity index (χ0v) is 42.9. The molecule has 71 heavy (non-hydrogen) atoms. The van der Waals surface area contributed by atoms with Gasteiger partial charge in [0.1, 0.15) is 60.2 Å². The fourth-order valence-corrected chi connectivity index (χ4v) is 8.98. The summed E-state index contributed by atoms with van der Waals surface area (Å²) in [6.45, 7) is 11.6. The van der Waals surface area contributed by atoms with Gasteiger partial charge in [-0.2, -0.15) is 0 Å². The molecule has 4 aromatic rings. The van der Waals surface area contributed by atoms with Crippen LogP contribution in [0.25, 0.3) is 22.8 Å². The number of likely N-dealkylation sites (N-methyl/N-ethyl adjacent to an activating group) is 2. The second-order valence-electron chi connectivity index (χ2n) is 18.5. The summed E-state index contributed by atoms with van der Waals surface area (Å²) in [5, 5.41) is 34.4. The van der Waals surface area contributed by atoms with Crippen molar-refractivity contribution in [2.75, 3.05) is 121 Å². The maximum atomic E-state index is 10.0. The van der Waals surface area contributed by atoms with Crippen LogP contribution in [0, 0.1) is 0 Å². The minimum absolute atomic E-state index is 0.0463. The monoisotopic (exact) mass is 987 g/mol. The van der Waals surface area contributed by atoms with Gasteiger partial charge in [-0.3, -0.25) is 0 Å². The predicted molar refractivity (Wildman–Crippen MR) is 281 cm³/mol. The molecule has 3 saturated heterocycles. The van der Waals surface area contributed by atoms with Gasteiger partial charge >= 0.3 is 0 Å². The van der Waals surface area contributed by atoms with Crippen LogP contribution in [0.1, 0.15) is 78.1 Å². The van der Waals surface area contributed by atoms with E-state index in [-0.39, 0.29) is 19.3 Å². The third-order valence-electron chi connectivity index (χ3n) is 12.9. The van der Waals surface area contributed by atoms with E-state index in [1.54, 1.807) is 13.1 Å². The summed E-state index contributed by atoms with van der Waals surface area (Å²) in [6, 6.07) is 20.7. The highest BCUT2D eigenvalue weighted by molar-refractivity contribution is 5.65. The largest absolute Gasteiger partial charge is 0.491 e. The van der Waals surface area contributed by atoms with E-state index >= 15 is 0 Å². The molecule has 18 heteroatoms. The van der Waals surface area contributed by atoms with E-state index in [4.69, 9.17) is 49.5 Å². The third kappa shape index (κ3) is 17.7. The van der Waals surface area contributed by atoms with E-state index in [0.29, 0.717) is 73.4 Å². The maximum absolute atomic E-state index is 10.0. The summed E-state index contributed by atoms with van der Waals surface area (Å²) >= 11 is 0. The number of nitrogens with one attached hydrogen (secondary N) is 2. The van der Waals surface area contributed by atoms with Gasteiger partial charge in [-0.1, -0.05) is 51.0 Å². The van der Waals surface area contributed by atoms with Gasteiger partial charge in [0.25, 0.3) is 0 Å². The Kier molecular flexibility index (Phi) is 23.1. The zero-order chi connectivity index (χ0) is 50.4. The first kappa shape index (κ1) is 55.4. The molecule has 2 aromatic heterocycles. The van der Waals surface area contributed by atoms with Gasteiger partial charge in [0.05, 0.1) is 19.3 Å². The number of aliphatic hydroxyl groups excluding tert-OH is 3. The highest BCUT2D eigenvalue weighted by Crippen LogP contribution is 2.38. The smallest absolute Gasteiger partial charge is 0.163 e. The first-order chi connectivity index (χ1) is 34.7. The minimum atomic E-state index is -0.572. The summed E-state index contributed by atoms with van der Waals surface area (Å²) in [5.41, 5.74) is 7.78. The van der Waals surface area contributed by atoms with E-state index in [2.05, 4.69) is 36.4 Å². The molecule has 2 unspecified atom stereocenters. The Balaban J connectivity index is 0.000000205. The van der Waals surface area contributed by atoms with Crippen LogP contribution in [0.5, 0.6) is 11.5 Å². The number of aliphatic hydroxyl groups is 3. The van der Waals surface area contributed by atoms with Crippen molar-refractivity contribution in [3.63, 3.8) is 0 Å². The molecule has 5 heterocycles. The Morgan fingerprint density at radius 1 is 0.648 bits per heavy atom. The number of hydrogen-bond donors (Lipinski definition) is 6. The average Bonchev–Trinajstić information content (AvgIpc) is 4.13. The summed E-state index contributed by atoms with van der Waals surface area (Å²) in [6.07, 6.45) is 9.88. The number of ether oxygens (including phenoxy) is 5. The quantitative estimate of drug-likeness (QED) is 0.0742. The number of nitrogens with zero attached hydrogens (tertiary/aromatic N) is 7. The van der Waals surface area contributed by atoms with Gasteiger partial charge in [-0.05, 0) is 89.7 Å². The fourth-order valence-electron chi connectivity index (χ4n) is 8.98. The summed E-state index contributed by atoms with van der Waals surface area (Å²) < 4.78 is 28.2. The Morgan fingerprint density at radius 2 is 1.14 bits per heavy atom. The minimum Gasteiger partial charge on any atom is -0.491 e. The van der Waals surface area contributed by atoms with Crippen LogP contribution in [0.4, 0.5) is 23.3 Å². The molecule has 2 saturated carbocycles. The van der Waals surface area contributed by atoms with Crippen LogP contribution in [-0.2, 0) is 14.2 Å². The number of benzene rings is 2. The van der Waals surface area contributed by atoms with Crippen LogP contribution in [-0.4, -0.2) is 172 Å². The van der Waals surface area contributed by atoms with Crippen LogP contribution in [0.15, 0.2) is 60.7 Å². The van der Waals surface area contributed by atoms with E-state index in [0.717, 1.165) is 107 Å². The normalized spacial score (nSPS) is 18.4. The SMILES string of the molecule is CC.CNCC(O)COc1cccc(-c2nc(N)cc(N(C)C3CCOCC3)n2)c1.CNCC(O)COc1cccc(-c2nc(N3CCOCC3)cc(N(C3CCOCC3)C3CC3)n2)c1.OC1CCCC1. The fraction of sp³-hybridized carbons (Fsp3) is 0.623. The number of morpholine rings is 1. The van der Waals surface area contributed by atoms with Gasteiger partial charge in [0, 0.05) is 101 Å². The van der Waals surface area contributed by atoms with Crippen molar-refractivity contribution in [1.29, 1.82) is 0 Å². The molecule has 7 N–H and O–H groups in total. The Hall–Kier alpha value is -4.92. The molecule has 9 rings (SSSR count). The van der Waals surface area contributed by atoms with Crippen molar-refractivity contribution in [1.82, 2.24) is 30.6 Å². The van der Waals surface area contributed by atoms with Crippen molar-refractivity contribution in [3.8, 4) is 34.3 Å². The predicted octanol–water partition coefficient (Wildman–Crippen LogP) is 5.33. The van der Waals surface area contributed by atoms with Crippen molar-refractivity contribution >= 4 is 23.3 Å². The first-order valence-corrected chi connectivity index (χ1v) is 26.0. The number of aromatic nitrogens is 4. The molecule has 2 aromatic carbocycles. The van der Waals surface area contributed by atoms with E-state index in [1.807, 2.05) is 76.5 Å². The molecule has 3 aliphatic heterocycles. The lowest BCUT2D eigenvalue weighted by Crippen LogP contribution is -2.42. The number of anilines is 4. The van der Waals surface area contributed by atoms with Gasteiger partial charge in [0.2, 0.25) is 0 Å². The van der Waals surface area contributed by atoms with E-state index in [1.165, 1.54) is 25.7 Å². The standard InChI is InChI=1S/C26H37N5O4.C20H29N5O3.C5H10O.C2H6/c1-27-17-22(32)18-35-23-4-2-3-19(15-23)26-28-24(30-9-13-34-14-10-30)16-25(29-26)31(20-5-6-20)21-7-11-33-12-8-21;1-22-12-16(26)13-28-17-5-3-4-14(10-17)20-23-18(21)11-19(24-20)25(2)15-6-8-27-9-7-15;6-5-3-1-2-4-5;1-2/h2-4,15-16,20-22,27,32H,5-14,17-18H2,1H3;3-5,10-11,15-16,22,26H,6-9,12-13H2,1-2H3,(H2,21,23,24);5-6H,1-4H2;1-2H3. The molecule has 2 atom stereocenters. The molecular formula is C53H82N10O8. The molecule has 5 aliphatic rings. The van der Waals surface area contributed by atoms with Gasteiger partial charge < -0.3 is 70.1 Å². The zero-order valence-electron chi connectivity index (χ0n) is 42.9.